The van der Waals surface area contributed by atoms with Crippen LogP contribution in [-0.2, 0) is 11.3 Å². The fraction of sp³-hybridized carbons (Fsp3) is 0.467. The molecule has 2 heterocycles. The van der Waals surface area contributed by atoms with Gasteiger partial charge in [-0.15, -0.1) is 0 Å². The third-order valence-corrected chi connectivity index (χ3v) is 3.86. The largest absolute Gasteiger partial charge is 0.376 e. The fourth-order valence-corrected chi connectivity index (χ4v) is 2.62. The molecule has 112 valence electrons. The number of hydrogen-bond donors (Lipinski definition) is 0. The molecule has 5 nitrogen and oxygen atoms in total. The molecule has 0 radical (unpaired) electrons. The molecule has 1 saturated heterocycles. The lowest BCUT2D eigenvalue weighted by atomic mass is 10.2. The van der Waals surface area contributed by atoms with Crippen LogP contribution in [0.1, 0.15) is 19.7 Å². The number of aromatic nitrogens is 2. The number of nitrogens with zero attached hydrogens (tertiary/aromatic N) is 3. The van der Waals surface area contributed by atoms with Gasteiger partial charge in [0.1, 0.15) is 0 Å². The van der Waals surface area contributed by atoms with Crippen LogP contribution in [0.4, 0.5) is 0 Å². The Bertz CT molecular complexity index is 616. The van der Waals surface area contributed by atoms with E-state index in [0.29, 0.717) is 29.3 Å². The van der Waals surface area contributed by atoms with E-state index in [1.54, 1.807) is 0 Å². The minimum Gasteiger partial charge on any atom is -0.376 e. The van der Waals surface area contributed by atoms with Crippen molar-refractivity contribution in [3.8, 4) is 11.4 Å². The zero-order chi connectivity index (χ0) is 14.8. The molecular weight excluding hydrogens is 290 g/mol. The van der Waals surface area contributed by atoms with Crippen LogP contribution in [0.15, 0.2) is 28.8 Å². The van der Waals surface area contributed by atoms with Gasteiger partial charge in [-0.1, -0.05) is 28.9 Å². The van der Waals surface area contributed by atoms with Gasteiger partial charge in [-0.25, -0.2) is 0 Å². The summed E-state index contributed by atoms with van der Waals surface area (Å²) in [6.07, 6.45) is 0.233. The maximum atomic E-state index is 5.98. The van der Waals surface area contributed by atoms with Gasteiger partial charge in [0.05, 0.1) is 19.3 Å². The summed E-state index contributed by atoms with van der Waals surface area (Å²) in [5.41, 5.74) is 0.862. The molecule has 2 aromatic rings. The Kier molecular flexibility index (Phi) is 4.24. The van der Waals surface area contributed by atoms with Gasteiger partial charge in [-0.3, -0.25) is 4.90 Å². The van der Waals surface area contributed by atoms with Crippen LogP contribution in [0.3, 0.4) is 0 Å². The first-order valence-corrected chi connectivity index (χ1v) is 7.44. The summed E-state index contributed by atoms with van der Waals surface area (Å²) in [5.74, 6) is 1.19. The predicted octanol–water partition coefficient (Wildman–Crippen LogP) is 3.00. The van der Waals surface area contributed by atoms with Gasteiger partial charge in [0.25, 0.3) is 0 Å². The van der Waals surface area contributed by atoms with E-state index >= 15 is 0 Å². The van der Waals surface area contributed by atoms with Crippen LogP contribution >= 0.6 is 11.6 Å². The lowest BCUT2D eigenvalue weighted by molar-refractivity contribution is -0.0555. The Morgan fingerprint density at radius 3 is 3.05 bits per heavy atom. The maximum absolute atomic E-state index is 5.98. The van der Waals surface area contributed by atoms with E-state index in [1.807, 2.05) is 24.3 Å². The maximum Gasteiger partial charge on any atom is 0.241 e. The van der Waals surface area contributed by atoms with Crippen molar-refractivity contribution in [2.24, 2.45) is 0 Å². The van der Waals surface area contributed by atoms with Gasteiger partial charge in [0, 0.05) is 23.2 Å². The Labute approximate surface area is 128 Å². The number of rotatable bonds is 3. The Hall–Kier alpha value is -1.43. The summed E-state index contributed by atoms with van der Waals surface area (Å²) >= 11 is 5.98. The first-order valence-electron chi connectivity index (χ1n) is 7.06. The highest BCUT2D eigenvalue weighted by atomic mass is 35.5. The van der Waals surface area contributed by atoms with Crippen molar-refractivity contribution in [1.29, 1.82) is 0 Å². The highest BCUT2D eigenvalue weighted by molar-refractivity contribution is 6.30. The summed E-state index contributed by atoms with van der Waals surface area (Å²) in [7, 11) is 0. The van der Waals surface area contributed by atoms with Crippen LogP contribution in [0.2, 0.25) is 5.02 Å². The molecule has 1 fully saturated rings. The molecule has 0 spiro atoms. The summed E-state index contributed by atoms with van der Waals surface area (Å²) in [6, 6.07) is 7.79. The monoisotopic (exact) mass is 307 g/mol. The molecule has 6 heteroatoms. The second-order valence-electron chi connectivity index (χ2n) is 5.44. The zero-order valence-corrected chi connectivity index (χ0v) is 12.9. The molecule has 0 N–H and O–H groups in total. The quantitative estimate of drug-likeness (QED) is 0.872. The molecular formula is C15H18ClN3O2. The van der Waals surface area contributed by atoms with E-state index in [-0.39, 0.29) is 6.10 Å². The first-order chi connectivity index (χ1) is 10.1. The van der Waals surface area contributed by atoms with E-state index in [0.717, 1.165) is 18.7 Å². The summed E-state index contributed by atoms with van der Waals surface area (Å²) in [5, 5.41) is 4.70. The molecule has 0 amide bonds. The minimum atomic E-state index is 0.233. The van der Waals surface area contributed by atoms with Crippen LogP contribution in [0.25, 0.3) is 11.4 Å². The highest BCUT2D eigenvalue weighted by Gasteiger charge is 2.25. The van der Waals surface area contributed by atoms with Crippen molar-refractivity contribution < 1.29 is 9.26 Å². The van der Waals surface area contributed by atoms with E-state index in [2.05, 4.69) is 28.9 Å². The predicted molar refractivity (Wildman–Crippen MR) is 80.0 cm³/mol. The van der Waals surface area contributed by atoms with Crippen molar-refractivity contribution in [3.05, 3.63) is 35.2 Å². The molecule has 1 aromatic carbocycles. The second-order valence-corrected chi connectivity index (χ2v) is 5.88. The number of morpholine rings is 1. The summed E-state index contributed by atoms with van der Waals surface area (Å²) in [6.45, 7) is 6.46. The first kappa shape index (κ1) is 14.5. The third kappa shape index (κ3) is 3.43. The van der Waals surface area contributed by atoms with Crippen LogP contribution in [0, 0.1) is 0 Å². The van der Waals surface area contributed by atoms with E-state index in [1.165, 1.54) is 0 Å². The topological polar surface area (TPSA) is 51.4 Å². The molecule has 0 aliphatic carbocycles. The van der Waals surface area contributed by atoms with Crippen molar-refractivity contribution in [2.45, 2.75) is 32.5 Å². The average Bonchev–Trinajstić information content (AvgIpc) is 2.91. The molecule has 0 saturated carbocycles. The van der Waals surface area contributed by atoms with Gasteiger partial charge in [0.15, 0.2) is 0 Å². The van der Waals surface area contributed by atoms with Gasteiger partial charge in [0.2, 0.25) is 11.7 Å². The molecule has 3 rings (SSSR count). The van der Waals surface area contributed by atoms with Crippen LogP contribution in [-0.4, -0.2) is 40.3 Å². The third-order valence-electron chi connectivity index (χ3n) is 3.63. The van der Waals surface area contributed by atoms with E-state index in [4.69, 9.17) is 20.9 Å². The van der Waals surface area contributed by atoms with E-state index < -0.39 is 0 Å². The normalized spacial score (nSPS) is 23.4. The minimum absolute atomic E-state index is 0.233. The van der Waals surface area contributed by atoms with Crippen LogP contribution in [0.5, 0.6) is 0 Å². The number of ether oxygens (including phenoxy) is 1. The smallest absolute Gasteiger partial charge is 0.241 e. The standard InChI is InChI=1S/C15H18ClN3O2/c1-10-9-20-11(2)7-19(10)8-14-17-15(18-21-14)12-4-3-5-13(16)6-12/h3-6,10-11H,7-9H2,1-2H3. The van der Waals surface area contributed by atoms with Crippen molar-refractivity contribution >= 4 is 11.6 Å². The molecule has 21 heavy (non-hydrogen) atoms. The Balaban J connectivity index is 1.73. The zero-order valence-electron chi connectivity index (χ0n) is 12.1. The van der Waals surface area contributed by atoms with E-state index in [9.17, 15) is 0 Å². The lowest BCUT2D eigenvalue weighted by Crippen LogP contribution is -2.46. The van der Waals surface area contributed by atoms with Gasteiger partial charge < -0.3 is 9.26 Å². The van der Waals surface area contributed by atoms with Crippen molar-refractivity contribution in [3.63, 3.8) is 0 Å². The van der Waals surface area contributed by atoms with Gasteiger partial charge in [-0.2, -0.15) is 4.98 Å². The summed E-state index contributed by atoms with van der Waals surface area (Å²) in [4.78, 5) is 6.75. The number of benzene rings is 1. The fourth-order valence-electron chi connectivity index (χ4n) is 2.43. The lowest BCUT2D eigenvalue weighted by Gasteiger charge is -2.35. The molecule has 1 aliphatic rings. The highest BCUT2D eigenvalue weighted by Crippen LogP contribution is 2.21. The van der Waals surface area contributed by atoms with Gasteiger partial charge >= 0.3 is 0 Å². The second kappa shape index (κ2) is 6.13. The average molecular weight is 308 g/mol. The molecule has 1 aromatic heterocycles. The molecule has 0 bridgehead atoms. The number of halogens is 1. The Morgan fingerprint density at radius 1 is 1.38 bits per heavy atom. The summed E-state index contributed by atoms with van der Waals surface area (Å²) < 4.78 is 11.0. The van der Waals surface area contributed by atoms with Crippen molar-refractivity contribution in [1.82, 2.24) is 15.0 Å². The molecule has 1 aliphatic heterocycles. The van der Waals surface area contributed by atoms with Gasteiger partial charge in [-0.05, 0) is 26.0 Å². The Morgan fingerprint density at radius 2 is 2.24 bits per heavy atom. The molecule has 2 atom stereocenters. The SMILES string of the molecule is CC1CN(Cc2nc(-c3cccc(Cl)c3)no2)C(C)CO1. The molecule has 2 unspecified atom stereocenters. The van der Waals surface area contributed by atoms with Crippen LogP contribution < -0.4 is 0 Å². The van der Waals surface area contributed by atoms with Crippen molar-refractivity contribution in [2.75, 3.05) is 13.2 Å². The number of hydrogen-bond acceptors (Lipinski definition) is 5.